The minimum absolute atomic E-state index is 0.451. The van der Waals surface area contributed by atoms with E-state index in [-0.39, 0.29) is 0 Å². The molecule has 6 heteroatoms. The van der Waals surface area contributed by atoms with Crippen molar-refractivity contribution in [3.63, 3.8) is 0 Å². The van der Waals surface area contributed by atoms with Gasteiger partial charge in [-0.2, -0.15) is 0 Å². The van der Waals surface area contributed by atoms with Gasteiger partial charge in [-0.25, -0.2) is 0 Å². The second-order valence-corrected chi connectivity index (χ2v) is 6.93. The number of carbonyl (C=O) groups excluding carboxylic acids is 1. The van der Waals surface area contributed by atoms with Crippen molar-refractivity contribution in [3.05, 3.63) is 70.4 Å². The highest BCUT2D eigenvalue weighted by Crippen LogP contribution is 2.35. The molecule has 0 unspecified atom stereocenters. The van der Waals surface area contributed by atoms with Gasteiger partial charge >= 0.3 is 0 Å². The summed E-state index contributed by atoms with van der Waals surface area (Å²) in [6.07, 6.45) is 0.764. The van der Waals surface area contributed by atoms with E-state index in [1.807, 2.05) is 55.5 Å². The first-order chi connectivity index (χ1) is 13.4. The van der Waals surface area contributed by atoms with E-state index in [1.165, 1.54) is 0 Å². The number of nitrogens with two attached hydrogens (primary N) is 1. The van der Waals surface area contributed by atoms with Gasteiger partial charge < -0.3 is 19.8 Å². The van der Waals surface area contributed by atoms with Crippen molar-refractivity contribution < 1.29 is 14.3 Å². The smallest absolute Gasteiger partial charge is 0.250 e. The number of hydrogen-bond donors (Lipinski definition) is 1. The van der Waals surface area contributed by atoms with Crippen molar-refractivity contribution in [2.75, 3.05) is 14.2 Å². The normalized spacial score (nSPS) is 10.7. The number of aryl methyl sites for hydroxylation is 1. The number of aromatic nitrogens is 1. The van der Waals surface area contributed by atoms with Gasteiger partial charge in [0.25, 0.3) is 5.91 Å². The quantitative estimate of drug-likeness (QED) is 0.638. The fourth-order valence-corrected chi connectivity index (χ4v) is 3.56. The molecular weight excluding hydrogens is 376 g/mol. The Kier molecular flexibility index (Phi) is 5.95. The molecule has 0 aliphatic rings. The summed E-state index contributed by atoms with van der Waals surface area (Å²) in [4.78, 5) is 11.9. The SMILES string of the molecule is COc1ccc(-c2cc(C(N)=O)c(C)n2CCc2cccc(Cl)c2)c(OC)c1. The summed E-state index contributed by atoms with van der Waals surface area (Å²) in [5.41, 5.74) is 9.77. The van der Waals surface area contributed by atoms with E-state index in [9.17, 15) is 4.79 Å². The van der Waals surface area contributed by atoms with E-state index in [2.05, 4.69) is 4.57 Å². The minimum atomic E-state index is -0.451. The summed E-state index contributed by atoms with van der Waals surface area (Å²) in [6, 6.07) is 15.2. The number of nitrogens with zero attached hydrogens (tertiary/aromatic N) is 1. The van der Waals surface area contributed by atoms with Crippen LogP contribution in [0.5, 0.6) is 11.5 Å². The van der Waals surface area contributed by atoms with Gasteiger partial charge in [0, 0.05) is 28.9 Å². The first-order valence-electron chi connectivity index (χ1n) is 8.91. The number of benzene rings is 2. The summed E-state index contributed by atoms with van der Waals surface area (Å²) in [6.45, 7) is 2.57. The Morgan fingerprint density at radius 1 is 1.11 bits per heavy atom. The molecule has 0 saturated heterocycles. The molecule has 0 radical (unpaired) electrons. The van der Waals surface area contributed by atoms with Crippen LogP contribution in [-0.4, -0.2) is 24.7 Å². The molecule has 0 fully saturated rings. The first kappa shape index (κ1) is 19.8. The lowest BCUT2D eigenvalue weighted by molar-refractivity contribution is 0.0999. The zero-order valence-corrected chi connectivity index (χ0v) is 16.9. The maximum Gasteiger partial charge on any atom is 0.250 e. The summed E-state index contributed by atoms with van der Waals surface area (Å²) < 4.78 is 12.9. The molecule has 3 aromatic rings. The predicted molar refractivity (Wildman–Crippen MR) is 111 cm³/mol. The lowest BCUT2D eigenvalue weighted by atomic mass is 10.1. The topological polar surface area (TPSA) is 66.5 Å². The lowest BCUT2D eigenvalue weighted by Gasteiger charge is -2.15. The van der Waals surface area contributed by atoms with Crippen LogP contribution in [0, 0.1) is 6.92 Å². The minimum Gasteiger partial charge on any atom is -0.497 e. The Morgan fingerprint density at radius 2 is 1.89 bits per heavy atom. The number of halogens is 1. The Morgan fingerprint density at radius 3 is 2.54 bits per heavy atom. The van der Waals surface area contributed by atoms with Gasteiger partial charge in [0.2, 0.25) is 0 Å². The molecule has 1 heterocycles. The standard InChI is InChI=1S/C22H23ClN2O3/c1-14-19(22(24)26)13-20(18-8-7-17(27-2)12-21(18)28-3)25(14)10-9-15-5-4-6-16(23)11-15/h4-8,11-13H,9-10H2,1-3H3,(H2,24,26). The van der Waals surface area contributed by atoms with Gasteiger partial charge in [-0.3, -0.25) is 4.79 Å². The third-order valence-corrected chi connectivity index (χ3v) is 5.06. The van der Waals surface area contributed by atoms with E-state index < -0.39 is 5.91 Å². The summed E-state index contributed by atoms with van der Waals surface area (Å²) in [7, 11) is 3.22. The van der Waals surface area contributed by atoms with Gasteiger partial charge in [-0.05, 0) is 49.2 Å². The van der Waals surface area contributed by atoms with Gasteiger partial charge in [0.1, 0.15) is 11.5 Å². The first-order valence-corrected chi connectivity index (χ1v) is 9.29. The fourth-order valence-electron chi connectivity index (χ4n) is 3.35. The highest BCUT2D eigenvalue weighted by atomic mass is 35.5. The van der Waals surface area contributed by atoms with E-state index in [0.717, 1.165) is 28.9 Å². The second-order valence-electron chi connectivity index (χ2n) is 6.49. The molecule has 0 atom stereocenters. The van der Waals surface area contributed by atoms with Crippen molar-refractivity contribution in [1.82, 2.24) is 4.57 Å². The lowest BCUT2D eigenvalue weighted by Crippen LogP contribution is -2.13. The molecule has 2 aromatic carbocycles. The van der Waals surface area contributed by atoms with E-state index >= 15 is 0 Å². The number of amides is 1. The highest BCUT2D eigenvalue weighted by molar-refractivity contribution is 6.30. The van der Waals surface area contributed by atoms with E-state index in [1.54, 1.807) is 14.2 Å². The molecule has 1 amide bonds. The third kappa shape index (κ3) is 3.99. The molecule has 0 saturated carbocycles. The molecule has 0 aliphatic carbocycles. The van der Waals surface area contributed by atoms with Crippen LogP contribution in [0.25, 0.3) is 11.3 Å². The molecular formula is C22H23ClN2O3. The number of carbonyl (C=O) groups is 1. The molecule has 0 aliphatic heterocycles. The van der Waals surface area contributed by atoms with Crippen molar-refractivity contribution in [3.8, 4) is 22.8 Å². The second kappa shape index (κ2) is 8.40. The third-order valence-electron chi connectivity index (χ3n) is 4.83. The van der Waals surface area contributed by atoms with Crippen LogP contribution in [-0.2, 0) is 13.0 Å². The maximum atomic E-state index is 11.9. The van der Waals surface area contributed by atoms with Crippen LogP contribution in [0.4, 0.5) is 0 Å². The maximum absolute atomic E-state index is 11.9. The Bertz CT molecular complexity index is 1010. The average Bonchev–Trinajstić information content (AvgIpc) is 3.02. The van der Waals surface area contributed by atoms with Crippen LogP contribution in [0.1, 0.15) is 21.6 Å². The van der Waals surface area contributed by atoms with Crippen molar-refractivity contribution >= 4 is 17.5 Å². The van der Waals surface area contributed by atoms with Crippen LogP contribution in [0.2, 0.25) is 5.02 Å². The van der Waals surface area contributed by atoms with Crippen molar-refractivity contribution in [1.29, 1.82) is 0 Å². The van der Waals surface area contributed by atoms with Crippen molar-refractivity contribution in [2.24, 2.45) is 5.73 Å². The molecule has 1 aromatic heterocycles. The number of methoxy groups -OCH3 is 2. The molecule has 28 heavy (non-hydrogen) atoms. The summed E-state index contributed by atoms with van der Waals surface area (Å²) in [5, 5.41) is 0.705. The Hall–Kier alpha value is -2.92. The number of ether oxygens (including phenoxy) is 2. The Balaban J connectivity index is 2.05. The Labute approximate surface area is 169 Å². The summed E-state index contributed by atoms with van der Waals surface area (Å²) in [5.74, 6) is 0.911. The number of hydrogen-bond acceptors (Lipinski definition) is 3. The highest BCUT2D eigenvalue weighted by Gasteiger charge is 2.19. The van der Waals surface area contributed by atoms with E-state index in [0.29, 0.717) is 28.6 Å². The number of primary amides is 1. The van der Waals surface area contributed by atoms with E-state index in [4.69, 9.17) is 26.8 Å². The monoisotopic (exact) mass is 398 g/mol. The fraction of sp³-hybridized carbons (Fsp3) is 0.227. The van der Waals surface area contributed by atoms with Crippen LogP contribution < -0.4 is 15.2 Å². The zero-order chi connectivity index (χ0) is 20.3. The van der Waals surface area contributed by atoms with Crippen LogP contribution >= 0.6 is 11.6 Å². The van der Waals surface area contributed by atoms with Crippen LogP contribution in [0.3, 0.4) is 0 Å². The van der Waals surface area contributed by atoms with Crippen molar-refractivity contribution in [2.45, 2.75) is 19.9 Å². The van der Waals surface area contributed by atoms with Gasteiger partial charge in [-0.15, -0.1) is 0 Å². The largest absolute Gasteiger partial charge is 0.497 e. The molecule has 5 nitrogen and oxygen atoms in total. The molecule has 146 valence electrons. The summed E-state index contributed by atoms with van der Waals surface area (Å²) >= 11 is 6.10. The predicted octanol–water partition coefficient (Wildman–Crippen LogP) is 4.48. The number of rotatable bonds is 7. The molecule has 0 spiro atoms. The van der Waals surface area contributed by atoms with Gasteiger partial charge in [0.15, 0.2) is 0 Å². The average molecular weight is 399 g/mol. The molecule has 0 bridgehead atoms. The van der Waals surface area contributed by atoms with Gasteiger partial charge in [0.05, 0.1) is 25.5 Å². The zero-order valence-electron chi connectivity index (χ0n) is 16.2. The molecule has 2 N–H and O–H groups in total. The molecule has 3 rings (SSSR count). The van der Waals surface area contributed by atoms with Crippen LogP contribution in [0.15, 0.2) is 48.5 Å². The van der Waals surface area contributed by atoms with Gasteiger partial charge in [-0.1, -0.05) is 23.7 Å².